The van der Waals surface area contributed by atoms with Gasteiger partial charge in [-0.2, -0.15) is 0 Å². The zero-order valence-corrected chi connectivity index (χ0v) is 11.6. The Bertz CT molecular complexity index is 453. The zero-order chi connectivity index (χ0) is 13.9. The van der Waals surface area contributed by atoms with Gasteiger partial charge in [0, 0.05) is 24.0 Å². The molecule has 0 unspecified atom stereocenters. The van der Waals surface area contributed by atoms with Gasteiger partial charge in [-0.05, 0) is 39.1 Å². The predicted molar refractivity (Wildman–Crippen MR) is 75.9 cm³/mol. The highest BCUT2D eigenvalue weighted by molar-refractivity contribution is 5.93. The van der Waals surface area contributed by atoms with Gasteiger partial charge in [0.05, 0.1) is 0 Å². The molecule has 19 heavy (non-hydrogen) atoms. The minimum absolute atomic E-state index is 0.0932. The van der Waals surface area contributed by atoms with E-state index >= 15 is 0 Å². The summed E-state index contributed by atoms with van der Waals surface area (Å²) in [5.74, 6) is -0.152. The summed E-state index contributed by atoms with van der Waals surface area (Å²) in [6.45, 7) is 0.662. The standard InChI is InChI=1S/C14H22N4O/c1-18(2)14(6-3-4-7-14)10-17-13(19)12-9-11(15)5-8-16-12/h5,8-9H,3-4,6-7,10H2,1-2H3,(H2,15,16)(H,17,19). The number of carbonyl (C=O) groups excluding carboxylic acids is 1. The highest BCUT2D eigenvalue weighted by atomic mass is 16.1. The summed E-state index contributed by atoms with van der Waals surface area (Å²) in [5.41, 5.74) is 6.69. The van der Waals surface area contributed by atoms with E-state index in [1.165, 1.54) is 12.8 Å². The molecule has 1 heterocycles. The van der Waals surface area contributed by atoms with Gasteiger partial charge in [0.15, 0.2) is 0 Å². The number of amides is 1. The molecule has 3 N–H and O–H groups in total. The van der Waals surface area contributed by atoms with Crippen molar-refractivity contribution in [3.05, 3.63) is 24.0 Å². The van der Waals surface area contributed by atoms with Crippen LogP contribution in [0.25, 0.3) is 0 Å². The van der Waals surface area contributed by atoms with Crippen LogP contribution in [0.5, 0.6) is 0 Å². The van der Waals surface area contributed by atoms with Crippen LogP contribution in [0.4, 0.5) is 5.69 Å². The molecule has 0 atom stereocenters. The van der Waals surface area contributed by atoms with Crippen molar-refractivity contribution in [2.45, 2.75) is 31.2 Å². The van der Waals surface area contributed by atoms with Crippen molar-refractivity contribution in [2.75, 3.05) is 26.4 Å². The summed E-state index contributed by atoms with van der Waals surface area (Å²) in [6.07, 6.45) is 6.27. The first-order chi connectivity index (χ1) is 9.03. The Balaban J connectivity index is 2.00. The van der Waals surface area contributed by atoms with Gasteiger partial charge >= 0.3 is 0 Å². The first-order valence-corrected chi connectivity index (χ1v) is 6.71. The number of anilines is 1. The van der Waals surface area contributed by atoms with E-state index in [-0.39, 0.29) is 11.4 Å². The van der Waals surface area contributed by atoms with E-state index in [1.807, 2.05) is 0 Å². The number of hydrogen-bond acceptors (Lipinski definition) is 4. The van der Waals surface area contributed by atoms with Gasteiger partial charge in [0.25, 0.3) is 5.91 Å². The van der Waals surface area contributed by atoms with Crippen LogP contribution in [0.2, 0.25) is 0 Å². The summed E-state index contributed by atoms with van der Waals surface area (Å²) in [4.78, 5) is 18.3. The lowest BCUT2D eigenvalue weighted by molar-refractivity contribution is 0.0895. The van der Waals surface area contributed by atoms with E-state index in [0.717, 1.165) is 12.8 Å². The smallest absolute Gasteiger partial charge is 0.270 e. The fraction of sp³-hybridized carbons (Fsp3) is 0.571. The number of rotatable bonds is 4. The molecule has 5 nitrogen and oxygen atoms in total. The quantitative estimate of drug-likeness (QED) is 0.857. The van der Waals surface area contributed by atoms with Crippen molar-refractivity contribution in [1.82, 2.24) is 15.2 Å². The fourth-order valence-electron chi connectivity index (χ4n) is 2.72. The molecular formula is C14H22N4O. The third-order valence-electron chi connectivity index (χ3n) is 4.08. The molecule has 0 radical (unpaired) electrons. The Kier molecular flexibility index (Phi) is 4.04. The molecule has 5 heteroatoms. The number of likely N-dealkylation sites (N-methyl/N-ethyl adjacent to an activating group) is 1. The van der Waals surface area contributed by atoms with Crippen LogP contribution in [0.1, 0.15) is 36.2 Å². The van der Waals surface area contributed by atoms with Gasteiger partial charge in [0.2, 0.25) is 0 Å². The second kappa shape index (κ2) is 5.57. The normalized spacial score (nSPS) is 17.6. The Labute approximate surface area is 114 Å². The van der Waals surface area contributed by atoms with Crippen molar-refractivity contribution in [3.63, 3.8) is 0 Å². The molecule has 2 rings (SSSR count). The van der Waals surface area contributed by atoms with E-state index in [4.69, 9.17) is 5.73 Å². The molecule has 0 bridgehead atoms. The number of nitrogens with two attached hydrogens (primary N) is 1. The highest BCUT2D eigenvalue weighted by Gasteiger charge is 2.36. The first kappa shape index (κ1) is 13.8. The Morgan fingerprint density at radius 2 is 2.16 bits per heavy atom. The number of nitrogens with zero attached hydrogens (tertiary/aromatic N) is 2. The summed E-state index contributed by atoms with van der Waals surface area (Å²) in [5, 5.41) is 2.99. The maximum Gasteiger partial charge on any atom is 0.270 e. The van der Waals surface area contributed by atoms with E-state index in [1.54, 1.807) is 18.3 Å². The number of hydrogen-bond donors (Lipinski definition) is 2. The number of aromatic nitrogens is 1. The van der Waals surface area contributed by atoms with Crippen LogP contribution in [-0.4, -0.2) is 42.0 Å². The van der Waals surface area contributed by atoms with E-state index in [2.05, 4.69) is 29.3 Å². The molecule has 104 valence electrons. The molecule has 0 aliphatic heterocycles. The van der Waals surface area contributed by atoms with E-state index < -0.39 is 0 Å². The minimum Gasteiger partial charge on any atom is -0.399 e. The van der Waals surface area contributed by atoms with Crippen molar-refractivity contribution >= 4 is 11.6 Å². The molecule has 0 aromatic carbocycles. The summed E-state index contributed by atoms with van der Waals surface area (Å²) >= 11 is 0. The molecule has 1 aliphatic rings. The predicted octanol–water partition coefficient (Wildman–Crippen LogP) is 1.27. The summed E-state index contributed by atoms with van der Waals surface area (Å²) < 4.78 is 0. The van der Waals surface area contributed by atoms with Crippen LogP contribution in [-0.2, 0) is 0 Å². The molecule has 0 spiro atoms. The largest absolute Gasteiger partial charge is 0.399 e. The van der Waals surface area contributed by atoms with Gasteiger partial charge in [-0.25, -0.2) is 0 Å². The van der Waals surface area contributed by atoms with Crippen molar-refractivity contribution < 1.29 is 4.79 Å². The minimum atomic E-state index is -0.152. The molecule has 1 amide bonds. The lowest BCUT2D eigenvalue weighted by atomic mass is 9.96. The zero-order valence-electron chi connectivity index (χ0n) is 11.6. The number of nitrogen functional groups attached to an aromatic ring is 1. The number of pyridine rings is 1. The van der Waals surface area contributed by atoms with E-state index in [9.17, 15) is 4.79 Å². The van der Waals surface area contributed by atoms with Gasteiger partial charge in [-0.3, -0.25) is 9.78 Å². The molecular weight excluding hydrogens is 240 g/mol. The van der Waals surface area contributed by atoms with Gasteiger partial charge < -0.3 is 16.0 Å². The molecule has 1 aliphatic carbocycles. The second-order valence-corrected chi connectivity index (χ2v) is 5.48. The SMILES string of the molecule is CN(C)C1(CNC(=O)c2cc(N)ccn2)CCCC1. The third kappa shape index (κ3) is 3.04. The maximum absolute atomic E-state index is 12.1. The molecule has 1 saturated carbocycles. The summed E-state index contributed by atoms with van der Waals surface area (Å²) in [6, 6.07) is 3.28. The van der Waals surface area contributed by atoms with Crippen molar-refractivity contribution in [1.29, 1.82) is 0 Å². The third-order valence-corrected chi connectivity index (χ3v) is 4.08. The molecule has 1 aromatic heterocycles. The lowest BCUT2D eigenvalue weighted by Gasteiger charge is -2.36. The lowest BCUT2D eigenvalue weighted by Crippen LogP contribution is -2.50. The van der Waals surface area contributed by atoms with E-state index in [0.29, 0.717) is 17.9 Å². The van der Waals surface area contributed by atoms with Crippen molar-refractivity contribution in [2.24, 2.45) is 0 Å². The average molecular weight is 262 g/mol. The van der Waals surface area contributed by atoms with Crippen LogP contribution in [0, 0.1) is 0 Å². The van der Waals surface area contributed by atoms with Crippen LogP contribution in [0.15, 0.2) is 18.3 Å². The Morgan fingerprint density at radius 3 is 2.74 bits per heavy atom. The highest BCUT2D eigenvalue weighted by Crippen LogP contribution is 2.33. The Morgan fingerprint density at radius 1 is 1.47 bits per heavy atom. The molecule has 1 fully saturated rings. The van der Waals surface area contributed by atoms with Crippen LogP contribution < -0.4 is 11.1 Å². The Hall–Kier alpha value is -1.62. The molecule has 0 saturated heterocycles. The van der Waals surface area contributed by atoms with Gasteiger partial charge in [-0.15, -0.1) is 0 Å². The fourth-order valence-corrected chi connectivity index (χ4v) is 2.72. The summed E-state index contributed by atoms with van der Waals surface area (Å²) in [7, 11) is 4.16. The van der Waals surface area contributed by atoms with Gasteiger partial charge in [-0.1, -0.05) is 12.8 Å². The van der Waals surface area contributed by atoms with Crippen LogP contribution >= 0.6 is 0 Å². The number of carbonyl (C=O) groups is 1. The first-order valence-electron chi connectivity index (χ1n) is 6.71. The maximum atomic E-state index is 12.1. The number of nitrogens with one attached hydrogen (secondary N) is 1. The second-order valence-electron chi connectivity index (χ2n) is 5.48. The van der Waals surface area contributed by atoms with Crippen molar-refractivity contribution in [3.8, 4) is 0 Å². The topological polar surface area (TPSA) is 71.2 Å². The molecule has 1 aromatic rings. The average Bonchev–Trinajstić information content (AvgIpc) is 2.86. The monoisotopic (exact) mass is 262 g/mol. The van der Waals surface area contributed by atoms with Crippen LogP contribution in [0.3, 0.4) is 0 Å². The van der Waals surface area contributed by atoms with Gasteiger partial charge in [0.1, 0.15) is 5.69 Å².